The lowest BCUT2D eigenvalue weighted by Gasteiger charge is -2.13. The summed E-state index contributed by atoms with van der Waals surface area (Å²) in [6.45, 7) is 7.15. The third-order valence-electron chi connectivity index (χ3n) is 8.52. The Bertz CT molecular complexity index is 2740. The van der Waals surface area contributed by atoms with Crippen LogP contribution in [0, 0.1) is 27.7 Å². The van der Waals surface area contributed by atoms with Crippen LogP contribution in [0.1, 0.15) is 22.3 Å². The summed E-state index contributed by atoms with van der Waals surface area (Å²) in [5.41, 5.74) is 16.6. The summed E-state index contributed by atoms with van der Waals surface area (Å²) in [6.07, 6.45) is 0. The Morgan fingerprint density at radius 3 is 1.33 bits per heavy atom. The molecule has 0 aliphatic rings. The van der Waals surface area contributed by atoms with Gasteiger partial charge < -0.3 is 21.7 Å². The van der Waals surface area contributed by atoms with Gasteiger partial charge in [-0.2, -0.15) is 16.8 Å². The molecule has 0 saturated carbocycles. The fourth-order valence-electron chi connectivity index (χ4n) is 6.08. The molecule has 0 radical (unpaired) electrons. The maximum Gasteiger partial charge on any atom is 0.296 e. The quantitative estimate of drug-likeness (QED) is 0.0515. The predicted octanol–water partition coefficient (Wildman–Crippen LogP) is 8.79. The highest BCUT2D eigenvalue weighted by Crippen LogP contribution is 2.44. The van der Waals surface area contributed by atoms with Gasteiger partial charge in [0.2, 0.25) is 0 Å². The number of rotatable bonds is 7. The lowest BCUT2D eigenvalue weighted by atomic mass is 9.95. The summed E-state index contributed by atoms with van der Waals surface area (Å²) in [5.74, 6) is -0.995. The van der Waals surface area contributed by atoms with Gasteiger partial charge >= 0.3 is 0 Å². The average Bonchev–Trinajstić information content (AvgIpc) is 3.04. The topological polar surface area (TPSA) is 251 Å². The smallest absolute Gasteiger partial charge is 0.296 e. The standard InChI is InChI=1S/C36H32N6O8S2/c1-17-9-22(10-18(2)31(17)39-41-33-30(52(48,49)50)15-24-13-25(37)7-8-27(24)35(33)43)23-11-19(3)32(20(4)12-23)40-42-34-29(51(45,46)47)14-21-5-6-26(38)16-28(21)36(34)44/h5-16,43-44H,37-38H2,1-4H3,(H,45,46,47)(H,48,49,50)/b41-39+,42-40+. The van der Waals surface area contributed by atoms with Crippen molar-refractivity contribution in [3.8, 4) is 22.6 Å². The Labute approximate surface area is 298 Å². The molecular weight excluding hydrogens is 709 g/mol. The minimum Gasteiger partial charge on any atom is -0.505 e. The van der Waals surface area contributed by atoms with Crippen LogP contribution in [0.25, 0.3) is 32.7 Å². The van der Waals surface area contributed by atoms with Crippen LogP contribution in [0.15, 0.2) is 103 Å². The van der Waals surface area contributed by atoms with Crippen LogP contribution in [-0.4, -0.2) is 36.2 Å². The van der Waals surface area contributed by atoms with E-state index in [1.807, 2.05) is 24.3 Å². The lowest BCUT2D eigenvalue weighted by molar-refractivity contribution is 0.471. The molecule has 0 aliphatic heterocycles. The van der Waals surface area contributed by atoms with E-state index >= 15 is 0 Å². The van der Waals surface area contributed by atoms with Crippen LogP contribution >= 0.6 is 0 Å². The maximum absolute atomic E-state index is 12.3. The van der Waals surface area contributed by atoms with Crippen molar-refractivity contribution in [3.05, 3.63) is 95.1 Å². The Hall–Kier alpha value is -5.94. The monoisotopic (exact) mass is 740 g/mol. The van der Waals surface area contributed by atoms with Crippen molar-refractivity contribution in [3.63, 3.8) is 0 Å². The molecule has 0 heterocycles. The zero-order valence-electron chi connectivity index (χ0n) is 28.1. The van der Waals surface area contributed by atoms with Crippen molar-refractivity contribution in [2.24, 2.45) is 20.5 Å². The van der Waals surface area contributed by atoms with Crippen molar-refractivity contribution in [1.29, 1.82) is 0 Å². The van der Waals surface area contributed by atoms with Crippen molar-refractivity contribution >= 4 is 75.9 Å². The van der Waals surface area contributed by atoms with Gasteiger partial charge in [-0.05, 0) is 139 Å². The first-order chi connectivity index (χ1) is 24.3. The number of hydrogen-bond donors (Lipinski definition) is 6. The summed E-state index contributed by atoms with van der Waals surface area (Å²) in [5, 5.41) is 39.7. The molecular formula is C36H32N6O8S2. The molecule has 6 rings (SSSR count). The summed E-state index contributed by atoms with van der Waals surface area (Å²) in [4.78, 5) is -1.24. The number of aryl methyl sites for hydroxylation is 4. The summed E-state index contributed by atoms with van der Waals surface area (Å²) in [6, 6.07) is 18.7. The molecule has 0 fully saturated rings. The van der Waals surface area contributed by atoms with Crippen LogP contribution in [0.5, 0.6) is 11.5 Å². The third-order valence-corrected chi connectivity index (χ3v) is 10.3. The van der Waals surface area contributed by atoms with Crippen LogP contribution in [0.4, 0.5) is 34.1 Å². The lowest BCUT2D eigenvalue weighted by Crippen LogP contribution is -1.99. The molecule has 0 bridgehead atoms. The minimum atomic E-state index is -4.80. The molecule has 0 saturated heterocycles. The normalized spacial score (nSPS) is 12.5. The van der Waals surface area contributed by atoms with Crippen molar-refractivity contribution in [2.45, 2.75) is 37.5 Å². The Morgan fingerprint density at radius 2 is 0.865 bits per heavy atom. The zero-order chi connectivity index (χ0) is 37.9. The number of benzene rings is 6. The largest absolute Gasteiger partial charge is 0.505 e. The van der Waals surface area contributed by atoms with E-state index in [2.05, 4.69) is 20.5 Å². The van der Waals surface area contributed by atoms with E-state index in [0.29, 0.717) is 55.8 Å². The number of anilines is 2. The maximum atomic E-state index is 12.3. The van der Waals surface area contributed by atoms with Gasteiger partial charge in [-0.15, -0.1) is 20.5 Å². The van der Waals surface area contributed by atoms with Gasteiger partial charge in [0, 0.05) is 22.1 Å². The molecule has 6 aromatic rings. The average molecular weight is 741 g/mol. The summed E-state index contributed by atoms with van der Waals surface area (Å²) >= 11 is 0. The van der Waals surface area contributed by atoms with Gasteiger partial charge in [0.05, 0.1) is 11.4 Å². The van der Waals surface area contributed by atoms with Crippen LogP contribution in [0.2, 0.25) is 0 Å². The van der Waals surface area contributed by atoms with Gasteiger partial charge in [-0.3, -0.25) is 9.11 Å². The van der Waals surface area contributed by atoms with Crippen molar-refractivity contribution in [2.75, 3.05) is 11.5 Å². The summed E-state index contributed by atoms with van der Waals surface area (Å²) < 4.78 is 68.8. The van der Waals surface area contributed by atoms with E-state index < -0.39 is 52.9 Å². The number of nitrogens with zero attached hydrogens (tertiary/aromatic N) is 4. The molecule has 0 spiro atoms. The molecule has 0 atom stereocenters. The first kappa shape index (κ1) is 35.9. The number of nitrogens with two attached hydrogens (primary N) is 2. The number of aromatic hydroxyl groups is 2. The number of phenolic OH excluding ortho intramolecular Hbond substituents is 2. The van der Waals surface area contributed by atoms with Gasteiger partial charge in [0.1, 0.15) is 21.2 Å². The first-order valence-electron chi connectivity index (χ1n) is 15.4. The van der Waals surface area contributed by atoms with E-state index in [1.54, 1.807) is 27.7 Å². The van der Waals surface area contributed by atoms with E-state index in [-0.39, 0.29) is 10.8 Å². The molecule has 0 aromatic heterocycles. The van der Waals surface area contributed by atoms with Crippen molar-refractivity contribution < 1.29 is 36.2 Å². The van der Waals surface area contributed by atoms with Crippen LogP contribution < -0.4 is 11.5 Å². The Morgan fingerprint density at radius 1 is 0.481 bits per heavy atom. The number of azo groups is 2. The highest BCUT2D eigenvalue weighted by molar-refractivity contribution is 7.86. The van der Waals surface area contributed by atoms with Crippen LogP contribution in [0.3, 0.4) is 0 Å². The third kappa shape index (κ3) is 6.74. The summed E-state index contributed by atoms with van der Waals surface area (Å²) in [7, 11) is -9.60. The molecule has 6 aromatic carbocycles. The molecule has 0 unspecified atom stereocenters. The second kappa shape index (κ2) is 13.0. The van der Waals surface area contributed by atoms with E-state index in [1.165, 1.54) is 48.5 Å². The van der Waals surface area contributed by atoms with Gasteiger partial charge in [0.25, 0.3) is 20.2 Å². The van der Waals surface area contributed by atoms with Crippen LogP contribution in [-0.2, 0) is 20.2 Å². The number of nitrogen functional groups attached to an aromatic ring is 2. The molecule has 14 nitrogen and oxygen atoms in total. The number of phenols is 2. The predicted molar refractivity (Wildman–Crippen MR) is 199 cm³/mol. The van der Waals surface area contributed by atoms with E-state index in [0.717, 1.165) is 11.1 Å². The Kier molecular flexibility index (Phi) is 8.96. The highest BCUT2D eigenvalue weighted by Gasteiger charge is 2.24. The molecule has 16 heteroatoms. The van der Waals surface area contributed by atoms with Gasteiger partial charge in [-0.1, -0.05) is 6.07 Å². The fourth-order valence-corrected chi connectivity index (χ4v) is 7.39. The van der Waals surface area contributed by atoms with Gasteiger partial charge in [-0.25, -0.2) is 0 Å². The van der Waals surface area contributed by atoms with E-state index in [9.17, 15) is 36.2 Å². The minimum absolute atomic E-state index is 0.234. The number of fused-ring (bicyclic) bond motifs is 2. The fraction of sp³-hybridized carbons (Fsp3) is 0.111. The first-order valence-corrected chi connectivity index (χ1v) is 18.3. The van der Waals surface area contributed by atoms with Crippen molar-refractivity contribution in [1.82, 2.24) is 0 Å². The molecule has 52 heavy (non-hydrogen) atoms. The molecule has 0 amide bonds. The van der Waals surface area contributed by atoms with Gasteiger partial charge in [0.15, 0.2) is 11.5 Å². The second-order valence-corrected chi connectivity index (χ2v) is 15.2. The molecule has 266 valence electrons. The molecule has 8 N–H and O–H groups in total. The zero-order valence-corrected chi connectivity index (χ0v) is 29.7. The highest BCUT2D eigenvalue weighted by atomic mass is 32.2. The molecule has 0 aliphatic carbocycles. The van der Waals surface area contributed by atoms with E-state index in [4.69, 9.17) is 11.5 Å². The SMILES string of the molecule is Cc1cc(-c2cc(C)c(/N=N/c3c(S(=O)(=O)O)cc4ccc(N)cc4c3O)c(C)c2)cc(C)c1/N=N/c1c(S(=O)(=O)O)cc2cc(N)ccc2c1O. The number of hydrogen-bond acceptors (Lipinski definition) is 12. The second-order valence-electron chi connectivity index (χ2n) is 12.4. The Balaban J connectivity index is 1.37.